The number of hydrogen-bond acceptors (Lipinski definition) is 5. The summed E-state index contributed by atoms with van der Waals surface area (Å²) in [6, 6.07) is 13.1. The molecule has 2 aliphatic rings. The van der Waals surface area contributed by atoms with Crippen molar-refractivity contribution in [1.29, 1.82) is 0 Å². The minimum absolute atomic E-state index is 0.0623. The number of non-ortho nitro benzene ring substituents is 1. The average Bonchev–Trinajstić information content (AvgIpc) is 3.16. The van der Waals surface area contributed by atoms with Crippen LogP contribution in [-0.2, 0) is 25.3 Å². The topological polar surface area (TPSA) is 98.5 Å². The number of nitro groups is 1. The number of esters is 1. The molecule has 2 aromatic rings. The number of nitrogens with zero attached hydrogens (tertiary/aromatic N) is 1. The van der Waals surface area contributed by atoms with Crippen molar-refractivity contribution in [1.82, 2.24) is 0 Å². The zero-order valence-electron chi connectivity index (χ0n) is 13.3. The Balaban J connectivity index is 1.85. The highest BCUT2D eigenvalue weighted by Gasteiger charge is 2.79. The van der Waals surface area contributed by atoms with E-state index in [0.29, 0.717) is 17.7 Å². The number of nitrogens with one attached hydrogen (secondary N) is 1. The molecule has 2 atom stereocenters. The van der Waals surface area contributed by atoms with E-state index in [0.717, 1.165) is 5.56 Å². The summed E-state index contributed by atoms with van der Waals surface area (Å²) < 4.78 is 5.63. The summed E-state index contributed by atoms with van der Waals surface area (Å²) >= 11 is 0. The molecule has 1 heterocycles. The SMILES string of the molecule is CC(=O)O[C@@]1(c2ccc([N+](=O)[O-])cc2)C[C@]12C(=O)Nc1ccccc12. The smallest absolute Gasteiger partial charge is 0.303 e. The van der Waals surface area contributed by atoms with Gasteiger partial charge in [0.1, 0.15) is 5.41 Å². The quantitative estimate of drug-likeness (QED) is 0.527. The van der Waals surface area contributed by atoms with Crippen molar-refractivity contribution >= 4 is 23.3 Å². The van der Waals surface area contributed by atoms with Crippen molar-refractivity contribution in [3.8, 4) is 0 Å². The molecule has 25 heavy (non-hydrogen) atoms. The Morgan fingerprint density at radius 1 is 1.20 bits per heavy atom. The molecule has 0 radical (unpaired) electrons. The zero-order valence-corrected chi connectivity index (χ0v) is 13.3. The van der Waals surface area contributed by atoms with Crippen LogP contribution in [-0.4, -0.2) is 16.8 Å². The summed E-state index contributed by atoms with van der Waals surface area (Å²) in [4.78, 5) is 34.9. The standard InChI is InChI=1S/C18H14N2O5/c1-11(21)25-18(12-6-8-13(9-7-12)20(23)24)10-17(18)14-4-2-3-5-15(14)19-16(17)22/h2-9H,10H2,1H3,(H,19,22)/t17-,18+/m0/s1. The van der Waals surface area contributed by atoms with Crippen LogP contribution in [0.1, 0.15) is 24.5 Å². The third-order valence-electron chi connectivity index (χ3n) is 4.96. The number of carbonyl (C=O) groups excluding carboxylic acids is 2. The molecule has 4 rings (SSSR count). The Morgan fingerprint density at radius 2 is 1.88 bits per heavy atom. The molecule has 1 fully saturated rings. The van der Waals surface area contributed by atoms with Crippen molar-refractivity contribution in [3.63, 3.8) is 0 Å². The Morgan fingerprint density at radius 3 is 2.52 bits per heavy atom. The van der Waals surface area contributed by atoms with Crippen molar-refractivity contribution < 1.29 is 19.2 Å². The highest BCUT2D eigenvalue weighted by Crippen LogP contribution is 2.69. The van der Waals surface area contributed by atoms with Gasteiger partial charge in [-0.2, -0.15) is 0 Å². The van der Waals surface area contributed by atoms with E-state index >= 15 is 0 Å². The van der Waals surface area contributed by atoms with Crippen molar-refractivity contribution in [2.75, 3.05) is 5.32 Å². The number of fused-ring (bicyclic) bond motifs is 2. The van der Waals surface area contributed by atoms with Crippen LogP contribution in [0.5, 0.6) is 0 Å². The number of nitro benzene ring substituents is 1. The summed E-state index contributed by atoms with van der Waals surface area (Å²) in [6.07, 6.45) is 0.306. The Labute approximate surface area is 142 Å². The first-order valence-electron chi connectivity index (χ1n) is 7.76. The molecule has 1 N–H and O–H groups in total. The van der Waals surface area contributed by atoms with E-state index in [9.17, 15) is 19.7 Å². The van der Waals surface area contributed by atoms with Gasteiger partial charge in [0.25, 0.3) is 5.69 Å². The van der Waals surface area contributed by atoms with E-state index in [-0.39, 0.29) is 11.6 Å². The molecular weight excluding hydrogens is 324 g/mol. The molecule has 126 valence electrons. The normalized spacial score (nSPS) is 26.0. The maximum absolute atomic E-state index is 12.8. The molecule has 1 amide bonds. The molecule has 1 aliphatic carbocycles. The number of benzene rings is 2. The predicted molar refractivity (Wildman–Crippen MR) is 87.9 cm³/mol. The molecular formula is C18H14N2O5. The Kier molecular flexibility index (Phi) is 3.00. The fraction of sp³-hybridized carbons (Fsp3) is 0.222. The second kappa shape index (κ2) is 4.89. The molecule has 1 spiro atoms. The van der Waals surface area contributed by atoms with Crippen molar-refractivity contribution in [2.45, 2.75) is 24.4 Å². The lowest BCUT2D eigenvalue weighted by atomic mass is 9.89. The van der Waals surface area contributed by atoms with Gasteiger partial charge in [0.15, 0.2) is 5.60 Å². The van der Waals surface area contributed by atoms with E-state index in [2.05, 4.69) is 5.32 Å². The average molecular weight is 338 g/mol. The fourth-order valence-electron chi connectivity index (χ4n) is 3.85. The molecule has 0 unspecified atom stereocenters. The summed E-state index contributed by atoms with van der Waals surface area (Å²) in [5, 5.41) is 13.7. The van der Waals surface area contributed by atoms with Crippen LogP contribution in [0.4, 0.5) is 11.4 Å². The number of amides is 1. The number of para-hydroxylation sites is 1. The maximum Gasteiger partial charge on any atom is 0.303 e. The number of anilines is 1. The second-order valence-electron chi connectivity index (χ2n) is 6.31. The molecule has 7 heteroatoms. The zero-order chi connectivity index (χ0) is 17.8. The Hall–Kier alpha value is -3.22. The van der Waals surface area contributed by atoms with Crippen LogP contribution in [0, 0.1) is 10.1 Å². The molecule has 1 saturated carbocycles. The molecule has 0 bridgehead atoms. The van der Waals surface area contributed by atoms with Crippen LogP contribution in [0.25, 0.3) is 0 Å². The first-order chi connectivity index (χ1) is 11.9. The first kappa shape index (κ1) is 15.3. The van der Waals surface area contributed by atoms with E-state index in [1.54, 1.807) is 18.2 Å². The van der Waals surface area contributed by atoms with Gasteiger partial charge in [-0.3, -0.25) is 19.7 Å². The molecule has 0 aromatic heterocycles. The van der Waals surface area contributed by atoms with Crippen LogP contribution < -0.4 is 5.32 Å². The highest BCUT2D eigenvalue weighted by molar-refractivity contribution is 6.10. The minimum atomic E-state index is -1.15. The summed E-state index contributed by atoms with van der Waals surface area (Å²) in [5.41, 5.74) is -0.161. The van der Waals surface area contributed by atoms with Crippen LogP contribution in [0.15, 0.2) is 48.5 Å². The Bertz CT molecular complexity index is 923. The lowest BCUT2D eigenvalue weighted by Crippen LogP contribution is -2.32. The van der Waals surface area contributed by atoms with Gasteiger partial charge in [0, 0.05) is 31.2 Å². The second-order valence-corrected chi connectivity index (χ2v) is 6.31. The van der Waals surface area contributed by atoms with Gasteiger partial charge in [0.05, 0.1) is 4.92 Å². The third-order valence-corrected chi connectivity index (χ3v) is 4.96. The van der Waals surface area contributed by atoms with E-state index in [1.807, 2.05) is 18.2 Å². The summed E-state index contributed by atoms with van der Waals surface area (Å²) in [7, 11) is 0. The van der Waals surface area contributed by atoms with Gasteiger partial charge in [0.2, 0.25) is 5.91 Å². The van der Waals surface area contributed by atoms with E-state index < -0.39 is 21.9 Å². The van der Waals surface area contributed by atoms with Gasteiger partial charge >= 0.3 is 5.97 Å². The van der Waals surface area contributed by atoms with Gasteiger partial charge in [-0.15, -0.1) is 0 Å². The third kappa shape index (κ3) is 1.92. The molecule has 2 aromatic carbocycles. The number of carbonyl (C=O) groups is 2. The van der Waals surface area contributed by atoms with Crippen LogP contribution in [0.3, 0.4) is 0 Å². The van der Waals surface area contributed by atoms with Gasteiger partial charge in [-0.1, -0.05) is 18.2 Å². The largest absolute Gasteiger partial charge is 0.453 e. The van der Waals surface area contributed by atoms with Crippen molar-refractivity contribution in [3.05, 3.63) is 69.8 Å². The fourth-order valence-corrected chi connectivity index (χ4v) is 3.85. The summed E-state index contributed by atoms with van der Waals surface area (Å²) in [6.45, 7) is 1.29. The number of rotatable bonds is 3. The maximum atomic E-state index is 12.8. The van der Waals surface area contributed by atoms with Gasteiger partial charge in [-0.05, 0) is 29.3 Å². The van der Waals surface area contributed by atoms with Crippen molar-refractivity contribution in [2.24, 2.45) is 0 Å². The number of hydrogen-bond donors (Lipinski definition) is 1. The molecule has 1 aliphatic heterocycles. The lowest BCUT2D eigenvalue weighted by Gasteiger charge is -2.22. The molecule has 7 nitrogen and oxygen atoms in total. The monoisotopic (exact) mass is 338 g/mol. The van der Waals surface area contributed by atoms with E-state index in [1.165, 1.54) is 19.1 Å². The predicted octanol–water partition coefficient (Wildman–Crippen LogP) is 2.65. The molecule has 0 saturated heterocycles. The number of ether oxygens (including phenoxy) is 1. The van der Waals surface area contributed by atoms with Gasteiger partial charge in [-0.25, -0.2) is 0 Å². The van der Waals surface area contributed by atoms with Crippen LogP contribution >= 0.6 is 0 Å². The van der Waals surface area contributed by atoms with Crippen LogP contribution in [0.2, 0.25) is 0 Å². The first-order valence-corrected chi connectivity index (χ1v) is 7.76. The lowest BCUT2D eigenvalue weighted by molar-refractivity contribution is -0.384. The highest BCUT2D eigenvalue weighted by atomic mass is 16.6. The van der Waals surface area contributed by atoms with E-state index in [4.69, 9.17) is 4.74 Å². The summed E-state index contributed by atoms with van der Waals surface area (Å²) in [5.74, 6) is -0.735. The van der Waals surface area contributed by atoms with Gasteiger partial charge < -0.3 is 10.1 Å². The minimum Gasteiger partial charge on any atom is -0.453 e.